The van der Waals surface area contributed by atoms with E-state index in [2.05, 4.69) is 6.58 Å². The van der Waals surface area contributed by atoms with Crippen LogP contribution in [0.25, 0.3) is 0 Å². The number of hydrogen-bond donors (Lipinski definition) is 1. The van der Waals surface area contributed by atoms with Gasteiger partial charge in [-0.15, -0.1) is 0 Å². The summed E-state index contributed by atoms with van der Waals surface area (Å²) in [5, 5.41) is 9.64. The van der Waals surface area contributed by atoms with Gasteiger partial charge in [-0.1, -0.05) is 54.6 Å². The van der Waals surface area contributed by atoms with Gasteiger partial charge in [0.25, 0.3) is 0 Å². The standard InChI is InChI=1S/C12H14O/c1-10(2)8-9-12(13)11-6-4-3-5-7-11/h3-9,12-13H,1H2,2H3/b9-8-. The quantitative estimate of drug-likeness (QED) is 0.698. The minimum atomic E-state index is -0.530. The molecule has 0 spiro atoms. The second-order valence-electron chi connectivity index (χ2n) is 3.06. The van der Waals surface area contributed by atoms with Crippen LogP contribution in [0.4, 0.5) is 0 Å². The highest BCUT2D eigenvalue weighted by molar-refractivity contribution is 5.23. The molecule has 1 rings (SSSR count). The third kappa shape index (κ3) is 3.26. The molecule has 13 heavy (non-hydrogen) atoms. The van der Waals surface area contributed by atoms with E-state index in [0.717, 1.165) is 11.1 Å². The minimum absolute atomic E-state index is 0.530. The first-order valence-corrected chi connectivity index (χ1v) is 4.27. The van der Waals surface area contributed by atoms with Crippen molar-refractivity contribution in [1.29, 1.82) is 0 Å². The van der Waals surface area contributed by atoms with Crippen molar-refractivity contribution in [2.75, 3.05) is 0 Å². The summed E-state index contributed by atoms with van der Waals surface area (Å²) in [7, 11) is 0. The summed E-state index contributed by atoms with van der Waals surface area (Å²) in [6.45, 7) is 5.62. The van der Waals surface area contributed by atoms with Crippen molar-refractivity contribution >= 4 is 0 Å². The van der Waals surface area contributed by atoms with Crippen LogP contribution in [0.5, 0.6) is 0 Å². The Bertz CT molecular complexity index is 298. The largest absolute Gasteiger partial charge is 0.384 e. The Morgan fingerprint density at radius 1 is 1.38 bits per heavy atom. The van der Waals surface area contributed by atoms with Crippen LogP contribution in [0.15, 0.2) is 54.6 Å². The maximum Gasteiger partial charge on any atom is 0.0974 e. The first kappa shape index (κ1) is 9.75. The molecular weight excluding hydrogens is 160 g/mol. The molecule has 1 nitrogen and oxygen atoms in total. The Morgan fingerprint density at radius 3 is 2.54 bits per heavy atom. The van der Waals surface area contributed by atoms with E-state index < -0.39 is 6.10 Å². The predicted molar refractivity (Wildman–Crippen MR) is 55.4 cm³/mol. The van der Waals surface area contributed by atoms with Crippen molar-refractivity contribution in [3.63, 3.8) is 0 Å². The van der Waals surface area contributed by atoms with E-state index in [0.29, 0.717) is 0 Å². The number of benzene rings is 1. The van der Waals surface area contributed by atoms with Crippen LogP contribution < -0.4 is 0 Å². The van der Waals surface area contributed by atoms with Crippen LogP contribution in [0.2, 0.25) is 0 Å². The average molecular weight is 174 g/mol. The smallest absolute Gasteiger partial charge is 0.0974 e. The van der Waals surface area contributed by atoms with Crippen LogP contribution in [0.3, 0.4) is 0 Å². The lowest BCUT2D eigenvalue weighted by Crippen LogP contribution is -1.91. The molecule has 1 atom stereocenters. The lowest BCUT2D eigenvalue weighted by Gasteiger charge is -2.04. The topological polar surface area (TPSA) is 20.2 Å². The first-order chi connectivity index (χ1) is 6.20. The molecule has 0 amide bonds. The molecule has 0 aromatic heterocycles. The molecule has 0 fully saturated rings. The van der Waals surface area contributed by atoms with E-state index >= 15 is 0 Å². The van der Waals surface area contributed by atoms with Gasteiger partial charge in [-0.2, -0.15) is 0 Å². The van der Waals surface area contributed by atoms with E-state index in [1.165, 1.54) is 0 Å². The minimum Gasteiger partial charge on any atom is -0.384 e. The molecule has 0 saturated heterocycles. The van der Waals surface area contributed by atoms with Crippen molar-refractivity contribution in [3.8, 4) is 0 Å². The molecular formula is C12H14O. The lowest BCUT2D eigenvalue weighted by atomic mass is 10.1. The van der Waals surface area contributed by atoms with Crippen LogP contribution in [-0.4, -0.2) is 5.11 Å². The predicted octanol–water partition coefficient (Wildman–Crippen LogP) is 2.85. The van der Waals surface area contributed by atoms with Gasteiger partial charge in [-0.25, -0.2) is 0 Å². The van der Waals surface area contributed by atoms with Crippen molar-refractivity contribution in [2.45, 2.75) is 13.0 Å². The zero-order valence-electron chi connectivity index (χ0n) is 7.77. The Hall–Kier alpha value is -1.34. The Kier molecular flexibility index (Phi) is 3.47. The fourth-order valence-corrected chi connectivity index (χ4v) is 1.02. The Morgan fingerprint density at radius 2 is 2.00 bits per heavy atom. The van der Waals surface area contributed by atoms with Crippen LogP contribution >= 0.6 is 0 Å². The van der Waals surface area contributed by atoms with Crippen LogP contribution in [0, 0.1) is 0 Å². The molecule has 1 aromatic rings. The summed E-state index contributed by atoms with van der Waals surface area (Å²) >= 11 is 0. The van der Waals surface area contributed by atoms with Gasteiger partial charge in [0.1, 0.15) is 0 Å². The molecule has 0 aliphatic carbocycles. The van der Waals surface area contributed by atoms with E-state index in [4.69, 9.17) is 0 Å². The van der Waals surface area contributed by atoms with E-state index in [1.54, 1.807) is 6.08 Å². The summed E-state index contributed by atoms with van der Waals surface area (Å²) in [6, 6.07) is 9.54. The van der Waals surface area contributed by atoms with Gasteiger partial charge in [0.2, 0.25) is 0 Å². The van der Waals surface area contributed by atoms with Crippen molar-refractivity contribution in [3.05, 3.63) is 60.2 Å². The summed E-state index contributed by atoms with van der Waals surface area (Å²) in [5.74, 6) is 0. The number of hydrogen-bond acceptors (Lipinski definition) is 1. The summed E-state index contributed by atoms with van der Waals surface area (Å²) in [5.41, 5.74) is 1.84. The maximum absolute atomic E-state index is 9.64. The highest BCUT2D eigenvalue weighted by Crippen LogP contribution is 2.13. The zero-order valence-corrected chi connectivity index (χ0v) is 7.77. The highest BCUT2D eigenvalue weighted by atomic mass is 16.3. The first-order valence-electron chi connectivity index (χ1n) is 4.27. The van der Waals surface area contributed by atoms with Gasteiger partial charge in [0.15, 0.2) is 0 Å². The fraction of sp³-hybridized carbons (Fsp3) is 0.167. The number of rotatable bonds is 3. The van der Waals surface area contributed by atoms with Gasteiger partial charge in [0, 0.05) is 0 Å². The van der Waals surface area contributed by atoms with Crippen molar-refractivity contribution < 1.29 is 5.11 Å². The summed E-state index contributed by atoms with van der Waals surface area (Å²) < 4.78 is 0. The Balaban J connectivity index is 2.69. The molecule has 1 aromatic carbocycles. The van der Waals surface area contributed by atoms with Gasteiger partial charge < -0.3 is 5.11 Å². The molecule has 1 heteroatoms. The molecule has 0 saturated carbocycles. The zero-order chi connectivity index (χ0) is 9.68. The van der Waals surface area contributed by atoms with E-state index in [-0.39, 0.29) is 0 Å². The van der Waals surface area contributed by atoms with Crippen LogP contribution in [-0.2, 0) is 0 Å². The van der Waals surface area contributed by atoms with Gasteiger partial charge in [-0.3, -0.25) is 0 Å². The SMILES string of the molecule is C=C(C)/C=C\C(O)c1ccccc1. The molecule has 0 aliphatic rings. The van der Waals surface area contributed by atoms with Gasteiger partial charge in [0.05, 0.1) is 6.10 Å². The number of aliphatic hydroxyl groups excluding tert-OH is 1. The Labute approximate surface area is 79.0 Å². The molecule has 0 aliphatic heterocycles. The van der Waals surface area contributed by atoms with Crippen LogP contribution in [0.1, 0.15) is 18.6 Å². The molecule has 0 radical (unpaired) electrons. The highest BCUT2D eigenvalue weighted by Gasteiger charge is 2.00. The number of aliphatic hydroxyl groups is 1. The van der Waals surface area contributed by atoms with Crippen molar-refractivity contribution in [1.82, 2.24) is 0 Å². The second kappa shape index (κ2) is 4.63. The maximum atomic E-state index is 9.64. The van der Waals surface area contributed by atoms with Gasteiger partial charge in [-0.05, 0) is 12.5 Å². The lowest BCUT2D eigenvalue weighted by molar-refractivity contribution is 0.228. The monoisotopic (exact) mass is 174 g/mol. The molecule has 68 valence electrons. The summed E-state index contributed by atoms with van der Waals surface area (Å²) in [4.78, 5) is 0. The third-order valence-corrected chi connectivity index (χ3v) is 1.70. The second-order valence-corrected chi connectivity index (χ2v) is 3.06. The molecule has 1 unspecified atom stereocenters. The molecule has 0 heterocycles. The number of allylic oxidation sites excluding steroid dienone is 2. The van der Waals surface area contributed by atoms with E-state index in [9.17, 15) is 5.11 Å². The molecule has 1 N–H and O–H groups in total. The van der Waals surface area contributed by atoms with Gasteiger partial charge >= 0.3 is 0 Å². The summed E-state index contributed by atoms with van der Waals surface area (Å²) in [6.07, 6.45) is 3.02. The fourth-order valence-electron chi connectivity index (χ4n) is 1.02. The normalized spacial score (nSPS) is 13.1. The molecule has 0 bridgehead atoms. The third-order valence-electron chi connectivity index (χ3n) is 1.70. The average Bonchev–Trinajstić information content (AvgIpc) is 2.15. The van der Waals surface area contributed by atoms with E-state index in [1.807, 2.05) is 43.3 Å². The van der Waals surface area contributed by atoms with Crippen molar-refractivity contribution in [2.24, 2.45) is 0 Å².